The summed E-state index contributed by atoms with van der Waals surface area (Å²) in [4.78, 5) is 48.0. The number of carbonyl (C=O) groups is 3. The molecule has 0 bridgehead atoms. The smallest absolute Gasteiger partial charge is 0.425 e. The number of ether oxygens (including phenoxy) is 4. The summed E-state index contributed by atoms with van der Waals surface area (Å²) in [6.45, 7) is 20.1. The number of anilines is 1. The zero-order valence-electron chi connectivity index (χ0n) is 28.5. The number of amides is 2. The number of rotatable bonds is 7. The molecule has 15 nitrogen and oxygen atoms in total. The SMILES string of the molecule is CC(=O)O[C@H]1[C@H](n2ncc3c(N(C(=O)OC(C)(C)C)C(=O)OC(C)(C)C)nc(Cl)nc32)O[C@H](CO[Si](C)(C)C(C)(C)C)C1(O)CO. The summed E-state index contributed by atoms with van der Waals surface area (Å²) in [5.41, 5.74) is -4.17. The first-order valence-corrected chi connectivity index (χ1v) is 18.1. The number of hydrogen-bond donors (Lipinski definition) is 2. The summed E-state index contributed by atoms with van der Waals surface area (Å²) in [6.07, 6.45) is -4.97. The molecule has 2 N–H and O–H groups in total. The highest BCUT2D eigenvalue weighted by atomic mass is 35.5. The van der Waals surface area contributed by atoms with Crippen molar-refractivity contribution in [1.82, 2.24) is 19.7 Å². The predicted octanol–water partition coefficient (Wildman–Crippen LogP) is 4.73. The van der Waals surface area contributed by atoms with E-state index < -0.39 is 73.6 Å². The number of aliphatic hydroxyl groups excluding tert-OH is 1. The van der Waals surface area contributed by atoms with Crippen LogP contribution < -0.4 is 4.90 Å². The fourth-order valence-corrected chi connectivity index (χ4v) is 5.45. The molecule has 258 valence electrons. The fourth-order valence-electron chi connectivity index (χ4n) is 4.29. The number of imide groups is 1. The Morgan fingerprint density at radius 1 is 1.04 bits per heavy atom. The van der Waals surface area contributed by atoms with Gasteiger partial charge in [-0.15, -0.1) is 0 Å². The number of esters is 1. The summed E-state index contributed by atoms with van der Waals surface area (Å²) in [6, 6.07) is 0. The van der Waals surface area contributed by atoms with Crippen molar-refractivity contribution in [2.24, 2.45) is 0 Å². The lowest BCUT2D eigenvalue weighted by Crippen LogP contribution is -2.55. The molecule has 4 atom stereocenters. The number of halogens is 1. The maximum Gasteiger partial charge on any atom is 0.425 e. The Labute approximate surface area is 274 Å². The highest BCUT2D eigenvalue weighted by Gasteiger charge is 2.60. The Morgan fingerprint density at radius 3 is 2.04 bits per heavy atom. The molecule has 3 heterocycles. The predicted molar refractivity (Wildman–Crippen MR) is 170 cm³/mol. The minimum absolute atomic E-state index is 0.0415. The number of carbonyl (C=O) groups excluding carboxylic acids is 3. The van der Waals surface area contributed by atoms with E-state index in [9.17, 15) is 24.6 Å². The summed E-state index contributed by atoms with van der Waals surface area (Å²) in [5.74, 6) is -1.07. The number of hydrogen-bond acceptors (Lipinski definition) is 13. The van der Waals surface area contributed by atoms with Crippen LogP contribution in [0.2, 0.25) is 23.4 Å². The van der Waals surface area contributed by atoms with E-state index in [1.54, 1.807) is 41.5 Å². The van der Waals surface area contributed by atoms with E-state index in [0.717, 1.165) is 11.6 Å². The molecular formula is C29H46ClN5O10Si. The largest absolute Gasteiger partial charge is 0.454 e. The van der Waals surface area contributed by atoms with Crippen molar-refractivity contribution in [2.75, 3.05) is 18.1 Å². The molecule has 0 saturated carbocycles. The third kappa shape index (κ3) is 8.14. The molecule has 1 fully saturated rings. The first-order valence-electron chi connectivity index (χ1n) is 14.8. The van der Waals surface area contributed by atoms with Crippen LogP contribution in [0.4, 0.5) is 15.4 Å². The van der Waals surface area contributed by atoms with Crippen LogP contribution in [0.1, 0.15) is 75.5 Å². The minimum Gasteiger partial charge on any atom is -0.454 e. The van der Waals surface area contributed by atoms with Crippen LogP contribution in [0.15, 0.2) is 6.20 Å². The van der Waals surface area contributed by atoms with Gasteiger partial charge < -0.3 is 33.6 Å². The molecule has 1 unspecified atom stereocenters. The van der Waals surface area contributed by atoms with E-state index in [1.807, 2.05) is 33.9 Å². The Morgan fingerprint density at radius 2 is 1.59 bits per heavy atom. The van der Waals surface area contributed by atoms with Gasteiger partial charge in [-0.2, -0.15) is 20.0 Å². The van der Waals surface area contributed by atoms with Gasteiger partial charge in [-0.3, -0.25) is 4.79 Å². The van der Waals surface area contributed by atoms with Gasteiger partial charge in [0.15, 0.2) is 37.7 Å². The van der Waals surface area contributed by atoms with Gasteiger partial charge in [0.2, 0.25) is 5.28 Å². The van der Waals surface area contributed by atoms with Crippen molar-refractivity contribution in [2.45, 2.75) is 123 Å². The minimum atomic E-state index is -2.35. The van der Waals surface area contributed by atoms with Crippen LogP contribution in [0.25, 0.3) is 11.0 Å². The molecule has 17 heteroatoms. The lowest BCUT2D eigenvalue weighted by Gasteiger charge is -2.38. The lowest BCUT2D eigenvalue weighted by atomic mass is 9.93. The summed E-state index contributed by atoms with van der Waals surface area (Å²) < 4.78 is 30.2. The molecule has 0 aromatic carbocycles. The zero-order chi connectivity index (χ0) is 35.2. The van der Waals surface area contributed by atoms with Crippen LogP contribution in [0.5, 0.6) is 0 Å². The van der Waals surface area contributed by atoms with Gasteiger partial charge in [-0.05, 0) is 71.3 Å². The van der Waals surface area contributed by atoms with E-state index in [2.05, 4.69) is 15.1 Å². The monoisotopic (exact) mass is 687 g/mol. The van der Waals surface area contributed by atoms with Crippen molar-refractivity contribution in [3.63, 3.8) is 0 Å². The van der Waals surface area contributed by atoms with Gasteiger partial charge in [0.05, 0.1) is 24.8 Å². The molecular weight excluding hydrogens is 642 g/mol. The summed E-state index contributed by atoms with van der Waals surface area (Å²) in [7, 11) is -2.35. The highest BCUT2D eigenvalue weighted by Crippen LogP contribution is 2.43. The van der Waals surface area contributed by atoms with Gasteiger partial charge >= 0.3 is 18.2 Å². The van der Waals surface area contributed by atoms with Crippen LogP contribution in [0.3, 0.4) is 0 Å². The Balaban J connectivity index is 2.18. The third-order valence-corrected chi connectivity index (χ3v) is 12.2. The van der Waals surface area contributed by atoms with E-state index in [4.69, 9.17) is 35.0 Å². The molecule has 0 radical (unpaired) electrons. The molecule has 2 amide bonds. The van der Waals surface area contributed by atoms with E-state index in [-0.39, 0.29) is 28.5 Å². The molecule has 0 aliphatic carbocycles. The van der Waals surface area contributed by atoms with Crippen molar-refractivity contribution < 1.29 is 48.0 Å². The first-order chi connectivity index (χ1) is 20.8. The van der Waals surface area contributed by atoms with Gasteiger partial charge in [-0.1, -0.05) is 20.8 Å². The topological polar surface area (TPSA) is 185 Å². The molecule has 3 rings (SSSR count). The molecule has 46 heavy (non-hydrogen) atoms. The standard InChI is InChI=1S/C29H46ClN5O10Si/c1-16(37)42-19-22(43-18(29(19,40)15-36)14-41-46(11,12)28(8,9)10)35-21-17(13-31-35)20(32-23(30)33-21)34(24(38)44-26(2,3)4)25(39)45-27(5,6)7/h13,18-19,22,36,40H,14-15H2,1-12H3/t18-,19+,22-,29?/m1/s1. The quantitative estimate of drug-likeness (QED) is 0.176. The second-order valence-electron chi connectivity index (χ2n) is 14.7. The molecule has 2 aromatic heterocycles. The Kier molecular flexibility index (Phi) is 10.6. The fraction of sp³-hybridized carbons (Fsp3) is 0.724. The van der Waals surface area contributed by atoms with E-state index in [0.29, 0.717) is 4.90 Å². The number of nitrogens with zero attached hydrogens (tertiary/aromatic N) is 5. The summed E-state index contributed by atoms with van der Waals surface area (Å²) in [5, 5.41) is 26.0. The van der Waals surface area contributed by atoms with Crippen molar-refractivity contribution in [3.05, 3.63) is 11.5 Å². The Bertz CT molecular complexity index is 1440. The highest BCUT2D eigenvalue weighted by molar-refractivity contribution is 6.74. The number of aromatic nitrogens is 4. The second kappa shape index (κ2) is 13.0. The maximum atomic E-state index is 13.4. The van der Waals surface area contributed by atoms with E-state index in [1.165, 1.54) is 6.20 Å². The van der Waals surface area contributed by atoms with E-state index >= 15 is 0 Å². The third-order valence-electron chi connectivity index (χ3n) is 7.57. The van der Waals surface area contributed by atoms with Crippen LogP contribution in [-0.4, -0.2) is 98.7 Å². The van der Waals surface area contributed by atoms with Crippen molar-refractivity contribution in [1.29, 1.82) is 0 Å². The first kappa shape index (κ1) is 37.6. The van der Waals surface area contributed by atoms with Crippen LogP contribution >= 0.6 is 11.6 Å². The number of fused-ring (bicyclic) bond motifs is 1. The van der Waals surface area contributed by atoms with Crippen LogP contribution in [-0.2, 0) is 28.2 Å². The van der Waals surface area contributed by atoms with Gasteiger partial charge in [0.1, 0.15) is 17.3 Å². The molecule has 2 aromatic rings. The average molecular weight is 688 g/mol. The maximum absolute atomic E-state index is 13.4. The van der Waals surface area contributed by atoms with Gasteiger partial charge in [0, 0.05) is 6.92 Å². The second-order valence-corrected chi connectivity index (χ2v) is 19.9. The van der Waals surface area contributed by atoms with Crippen molar-refractivity contribution in [3.8, 4) is 0 Å². The summed E-state index contributed by atoms with van der Waals surface area (Å²) >= 11 is 6.33. The molecule has 1 aliphatic rings. The molecule has 1 aliphatic heterocycles. The van der Waals surface area contributed by atoms with Gasteiger partial charge in [-0.25, -0.2) is 14.3 Å². The molecule has 1 saturated heterocycles. The Hall–Kier alpha value is -2.89. The lowest BCUT2D eigenvalue weighted by molar-refractivity contribution is -0.169. The average Bonchev–Trinajstić information content (AvgIpc) is 3.38. The van der Waals surface area contributed by atoms with Gasteiger partial charge in [0.25, 0.3) is 0 Å². The van der Waals surface area contributed by atoms with Crippen molar-refractivity contribution >= 4 is 54.9 Å². The zero-order valence-corrected chi connectivity index (χ0v) is 30.3. The molecule has 0 spiro atoms. The normalized spacial score (nSPS) is 22.5. The van der Waals surface area contributed by atoms with Crippen LogP contribution in [0, 0.1) is 0 Å². The number of aliphatic hydroxyl groups is 2.